The normalized spacial score (nSPS) is 15.4. The van der Waals surface area contributed by atoms with E-state index >= 15 is 0 Å². The number of hydrogen-bond donors (Lipinski definition) is 2. The molecule has 2 aliphatic rings. The van der Waals surface area contributed by atoms with Crippen molar-refractivity contribution in [1.29, 1.82) is 0 Å². The van der Waals surface area contributed by atoms with Crippen molar-refractivity contribution in [2.45, 2.75) is 83.6 Å². The minimum absolute atomic E-state index is 0.0804. The van der Waals surface area contributed by atoms with Crippen molar-refractivity contribution in [3.8, 4) is 0 Å². The Balaban J connectivity index is 1.06. The van der Waals surface area contributed by atoms with E-state index in [9.17, 15) is 19.2 Å². The summed E-state index contributed by atoms with van der Waals surface area (Å²) >= 11 is 0. The molecule has 0 saturated heterocycles. The van der Waals surface area contributed by atoms with Gasteiger partial charge in [0.05, 0.1) is 22.3 Å². The van der Waals surface area contributed by atoms with Crippen LogP contribution in [0.25, 0.3) is 0 Å². The largest absolute Gasteiger partial charge is 0.399 e. The van der Waals surface area contributed by atoms with Crippen molar-refractivity contribution in [3.63, 3.8) is 0 Å². The molecule has 38 heavy (non-hydrogen) atoms. The van der Waals surface area contributed by atoms with E-state index in [1.165, 1.54) is 9.80 Å². The van der Waals surface area contributed by atoms with Crippen LogP contribution in [0, 0.1) is 0 Å². The van der Waals surface area contributed by atoms with Crippen LogP contribution in [-0.2, 0) is 0 Å². The molecule has 4 amide bonds. The van der Waals surface area contributed by atoms with Gasteiger partial charge in [0, 0.05) is 24.0 Å². The van der Waals surface area contributed by atoms with Gasteiger partial charge in [0.15, 0.2) is 0 Å². The number of carbonyl (C=O) groups excluding carboxylic acids is 4. The lowest BCUT2D eigenvalue weighted by Crippen LogP contribution is -2.39. The van der Waals surface area contributed by atoms with Gasteiger partial charge in [-0.05, 0) is 55.7 Å². The highest BCUT2D eigenvalue weighted by molar-refractivity contribution is 6.22. The van der Waals surface area contributed by atoms with E-state index in [2.05, 4.69) is 0 Å². The summed E-state index contributed by atoms with van der Waals surface area (Å²) in [7, 11) is 0. The Hall–Kier alpha value is -3.68. The van der Waals surface area contributed by atoms with Crippen LogP contribution in [-0.4, -0.2) is 46.0 Å². The molecule has 0 radical (unpaired) electrons. The third kappa shape index (κ3) is 5.74. The zero-order valence-corrected chi connectivity index (χ0v) is 22.2. The molecule has 1 atom stereocenters. The zero-order chi connectivity index (χ0) is 27.2. The number of fused-ring (bicyclic) bond motifs is 2. The molecule has 4 rings (SSSR count). The maximum atomic E-state index is 12.8. The van der Waals surface area contributed by atoms with Crippen molar-refractivity contribution in [2.75, 3.05) is 18.0 Å². The SMILES string of the molecule is CCC(CCCCCCCCCCCN1C(=O)c2ccc(N)cc2C1=O)N1C(=O)c2ccc(N)cc2C1=O. The number of rotatable bonds is 14. The second-order valence-electron chi connectivity index (χ2n) is 10.4. The molecule has 8 heteroatoms. The van der Waals surface area contributed by atoms with Crippen LogP contribution in [0.1, 0.15) is 119 Å². The average molecular weight is 519 g/mol. The first-order valence-electron chi connectivity index (χ1n) is 13.9. The third-order valence-corrected chi connectivity index (χ3v) is 7.69. The molecule has 0 bridgehead atoms. The Kier molecular flexibility index (Phi) is 8.81. The van der Waals surface area contributed by atoms with Gasteiger partial charge in [-0.1, -0.05) is 58.3 Å². The Morgan fingerprint density at radius 3 is 1.63 bits per heavy atom. The summed E-state index contributed by atoms with van der Waals surface area (Å²) < 4.78 is 0. The minimum atomic E-state index is -0.240. The molecular weight excluding hydrogens is 480 g/mol. The lowest BCUT2D eigenvalue weighted by Gasteiger charge is -2.25. The fraction of sp³-hybridized carbons (Fsp3) is 0.467. The number of unbranched alkanes of at least 4 members (excludes halogenated alkanes) is 8. The molecule has 1 unspecified atom stereocenters. The summed E-state index contributed by atoms with van der Waals surface area (Å²) in [5.74, 6) is -0.889. The number of nitrogen functional groups attached to an aromatic ring is 2. The maximum Gasteiger partial charge on any atom is 0.261 e. The first-order chi connectivity index (χ1) is 18.3. The van der Waals surface area contributed by atoms with Gasteiger partial charge in [0.2, 0.25) is 0 Å². The molecule has 0 fully saturated rings. The third-order valence-electron chi connectivity index (χ3n) is 7.69. The van der Waals surface area contributed by atoms with Gasteiger partial charge < -0.3 is 11.5 Å². The van der Waals surface area contributed by atoms with Gasteiger partial charge >= 0.3 is 0 Å². The molecule has 2 aliphatic heterocycles. The second-order valence-corrected chi connectivity index (χ2v) is 10.4. The van der Waals surface area contributed by atoms with E-state index in [1.54, 1.807) is 36.4 Å². The molecule has 0 aliphatic carbocycles. The van der Waals surface area contributed by atoms with Gasteiger partial charge in [-0.2, -0.15) is 0 Å². The van der Waals surface area contributed by atoms with Crippen molar-refractivity contribution >= 4 is 35.0 Å². The van der Waals surface area contributed by atoms with Crippen molar-refractivity contribution in [1.82, 2.24) is 9.80 Å². The minimum Gasteiger partial charge on any atom is -0.399 e. The Bertz CT molecular complexity index is 1220. The maximum absolute atomic E-state index is 12.8. The summed E-state index contributed by atoms with van der Waals surface area (Å²) in [5.41, 5.74) is 14.3. The highest BCUT2D eigenvalue weighted by Gasteiger charge is 2.39. The number of anilines is 2. The summed E-state index contributed by atoms with van der Waals surface area (Å²) in [4.78, 5) is 53.3. The summed E-state index contributed by atoms with van der Waals surface area (Å²) in [6, 6.07) is 9.71. The monoisotopic (exact) mass is 518 g/mol. The van der Waals surface area contributed by atoms with Gasteiger partial charge in [0.25, 0.3) is 23.6 Å². The van der Waals surface area contributed by atoms with E-state index in [1.807, 2.05) is 6.92 Å². The van der Waals surface area contributed by atoms with E-state index in [0.717, 1.165) is 70.6 Å². The van der Waals surface area contributed by atoms with Crippen molar-refractivity contribution in [3.05, 3.63) is 58.7 Å². The van der Waals surface area contributed by atoms with Crippen LogP contribution in [0.3, 0.4) is 0 Å². The molecule has 0 saturated carbocycles. The number of benzene rings is 2. The molecule has 2 aromatic carbocycles. The highest BCUT2D eigenvalue weighted by atomic mass is 16.2. The Labute approximate surface area is 224 Å². The summed E-state index contributed by atoms with van der Waals surface area (Å²) in [6.45, 7) is 2.47. The van der Waals surface area contributed by atoms with Gasteiger partial charge in [-0.15, -0.1) is 0 Å². The Morgan fingerprint density at radius 1 is 0.605 bits per heavy atom. The molecule has 2 aromatic rings. The van der Waals surface area contributed by atoms with Crippen LogP contribution in [0.15, 0.2) is 36.4 Å². The van der Waals surface area contributed by atoms with Crippen LogP contribution >= 0.6 is 0 Å². The Morgan fingerprint density at radius 2 is 1.05 bits per heavy atom. The molecule has 2 heterocycles. The lowest BCUT2D eigenvalue weighted by molar-refractivity contribution is 0.0566. The zero-order valence-electron chi connectivity index (χ0n) is 22.2. The standard InChI is InChI=1S/C30H38N4O4/c1-2-22(34-29(37)24-16-14-21(32)19-26(24)30(34)38)12-10-8-6-4-3-5-7-9-11-17-33-27(35)23-15-13-20(31)18-25(23)28(33)36/h13-16,18-19,22H,2-12,17,31-32H2,1H3. The number of hydrogen-bond acceptors (Lipinski definition) is 6. The number of nitrogens with zero attached hydrogens (tertiary/aromatic N) is 2. The summed E-state index contributed by atoms with van der Waals surface area (Å²) in [6.07, 6.45) is 11.1. The van der Waals surface area contributed by atoms with E-state index < -0.39 is 0 Å². The van der Waals surface area contributed by atoms with Crippen molar-refractivity contribution < 1.29 is 19.2 Å². The van der Waals surface area contributed by atoms with Crippen LogP contribution < -0.4 is 11.5 Å². The number of carbonyl (C=O) groups is 4. The molecule has 0 spiro atoms. The van der Waals surface area contributed by atoms with Crippen LogP contribution in [0.2, 0.25) is 0 Å². The van der Waals surface area contributed by atoms with Crippen LogP contribution in [0.4, 0.5) is 11.4 Å². The first-order valence-corrected chi connectivity index (χ1v) is 13.9. The van der Waals surface area contributed by atoms with Gasteiger partial charge in [0.1, 0.15) is 0 Å². The number of imide groups is 2. The second kappa shape index (κ2) is 12.2. The molecular formula is C30H38N4O4. The topological polar surface area (TPSA) is 127 Å². The highest BCUT2D eigenvalue weighted by Crippen LogP contribution is 2.29. The lowest BCUT2D eigenvalue weighted by atomic mass is 10.0. The van der Waals surface area contributed by atoms with Gasteiger partial charge in [-0.3, -0.25) is 29.0 Å². The molecule has 4 N–H and O–H groups in total. The average Bonchev–Trinajstić information content (AvgIpc) is 3.28. The van der Waals surface area contributed by atoms with Crippen LogP contribution in [0.5, 0.6) is 0 Å². The summed E-state index contributed by atoms with van der Waals surface area (Å²) in [5, 5.41) is 0. The van der Waals surface area contributed by atoms with E-state index in [-0.39, 0.29) is 29.7 Å². The quantitative estimate of drug-likeness (QED) is 0.195. The fourth-order valence-electron chi connectivity index (χ4n) is 5.52. The predicted octanol–water partition coefficient (Wildman–Crippen LogP) is 5.42. The van der Waals surface area contributed by atoms with Crippen molar-refractivity contribution in [2.24, 2.45) is 0 Å². The van der Waals surface area contributed by atoms with E-state index in [0.29, 0.717) is 40.2 Å². The predicted molar refractivity (Wildman–Crippen MR) is 148 cm³/mol. The number of amides is 4. The molecule has 8 nitrogen and oxygen atoms in total. The number of nitrogens with two attached hydrogens (primary N) is 2. The molecule has 202 valence electrons. The molecule has 0 aromatic heterocycles. The fourth-order valence-corrected chi connectivity index (χ4v) is 5.52. The van der Waals surface area contributed by atoms with E-state index in [4.69, 9.17) is 11.5 Å². The first kappa shape index (κ1) is 27.4. The van der Waals surface area contributed by atoms with Gasteiger partial charge in [-0.25, -0.2) is 0 Å². The smallest absolute Gasteiger partial charge is 0.261 e.